The van der Waals surface area contributed by atoms with E-state index in [0.717, 1.165) is 17.1 Å². The first-order chi connectivity index (χ1) is 13.5. The molecule has 0 radical (unpaired) electrons. The smallest absolute Gasteiger partial charge is 0.277 e. The van der Waals surface area contributed by atoms with Gasteiger partial charge < -0.3 is 14.2 Å². The van der Waals surface area contributed by atoms with E-state index < -0.39 is 0 Å². The molecule has 0 saturated heterocycles. The predicted molar refractivity (Wildman–Crippen MR) is 113 cm³/mol. The molecule has 1 N–H and O–H groups in total. The molecule has 28 heavy (non-hydrogen) atoms. The quantitative estimate of drug-likeness (QED) is 0.489. The van der Waals surface area contributed by atoms with E-state index in [2.05, 4.69) is 10.5 Å². The average molecular weight is 397 g/mol. The molecule has 0 atom stereocenters. The molecule has 7 heteroatoms. The van der Waals surface area contributed by atoms with Crippen LogP contribution in [0, 0.1) is 0 Å². The molecule has 3 rings (SSSR count). The van der Waals surface area contributed by atoms with E-state index in [-0.39, 0.29) is 12.5 Å². The molecule has 0 fully saturated rings. The van der Waals surface area contributed by atoms with Crippen molar-refractivity contribution in [3.05, 3.63) is 77.6 Å². The summed E-state index contributed by atoms with van der Waals surface area (Å²) in [5.41, 5.74) is 5.42. The fourth-order valence-electron chi connectivity index (χ4n) is 2.55. The van der Waals surface area contributed by atoms with Gasteiger partial charge in [0.2, 0.25) is 0 Å². The number of carbonyl (C=O) groups is 1. The lowest BCUT2D eigenvalue weighted by atomic mass is 10.2. The number of nitrogens with zero attached hydrogens (tertiary/aromatic N) is 3. The monoisotopic (exact) mass is 396 g/mol. The highest BCUT2D eigenvalue weighted by Gasteiger charge is 2.05. The lowest BCUT2D eigenvalue weighted by Gasteiger charge is -2.13. The van der Waals surface area contributed by atoms with Crippen molar-refractivity contribution in [2.24, 2.45) is 5.10 Å². The summed E-state index contributed by atoms with van der Waals surface area (Å²) in [6.45, 7) is -0.173. The maximum absolute atomic E-state index is 11.9. The molecule has 3 aromatic rings. The Bertz CT molecular complexity index is 965. The minimum atomic E-state index is -0.371. The number of halogens is 1. The molecule has 2 aromatic carbocycles. The Morgan fingerprint density at radius 3 is 2.61 bits per heavy atom. The van der Waals surface area contributed by atoms with Gasteiger partial charge in [-0.15, -0.1) is 0 Å². The lowest BCUT2D eigenvalue weighted by molar-refractivity contribution is -0.123. The summed E-state index contributed by atoms with van der Waals surface area (Å²) in [6, 6.07) is 19.0. The molecule has 144 valence electrons. The van der Waals surface area contributed by atoms with Crippen molar-refractivity contribution in [1.29, 1.82) is 0 Å². The molecule has 1 heterocycles. The summed E-state index contributed by atoms with van der Waals surface area (Å²) in [7, 11) is 4.00. The van der Waals surface area contributed by atoms with Crippen LogP contribution in [0.2, 0.25) is 5.02 Å². The summed E-state index contributed by atoms with van der Waals surface area (Å²) in [6.07, 6.45) is 3.53. The summed E-state index contributed by atoms with van der Waals surface area (Å²) in [4.78, 5) is 14.0. The Kier molecular flexibility index (Phi) is 6.34. The molecule has 0 spiro atoms. The Morgan fingerprint density at radius 2 is 1.89 bits per heavy atom. The Morgan fingerprint density at radius 1 is 1.14 bits per heavy atom. The van der Waals surface area contributed by atoms with Crippen molar-refractivity contribution in [3.8, 4) is 11.4 Å². The highest BCUT2D eigenvalue weighted by molar-refractivity contribution is 6.32. The molecule has 6 nitrogen and oxygen atoms in total. The third kappa shape index (κ3) is 4.92. The Balaban J connectivity index is 1.58. The molecule has 0 aliphatic rings. The van der Waals surface area contributed by atoms with Crippen LogP contribution >= 0.6 is 11.6 Å². The van der Waals surface area contributed by atoms with E-state index in [1.807, 2.05) is 66.2 Å². The first kappa shape index (κ1) is 19.5. The maximum Gasteiger partial charge on any atom is 0.277 e. The van der Waals surface area contributed by atoms with Crippen molar-refractivity contribution in [2.45, 2.75) is 0 Å². The highest BCUT2D eigenvalue weighted by Crippen LogP contribution is 2.22. The molecule has 0 aliphatic heterocycles. The minimum absolute atomic E-state index is 0.173. The molecule has 1 aromatic heterocycles. The van der Waals surface area contributed by atoms with Crippen LogP contribution in [0.15, 0.2) is 72.0 Å². The standard InChI is InChI=1S/C21H21ClN4O2/c1-25(2)16-9-11-17(12-10-16)26-13-5-6-18(26)14-23-24-21(27)15-28-20-8-4-3-7-19(20)22/h3-14H,15H2,1-2H3,(H,24,27)/b23-14+. The second kappa shape index (κ2) is 9.10. The van der Waals surface area contributed by atoms with Crippen molar-refractivity contribution in [1.82, 2.24) is 9.99 Å². The van der Waals surface area contributed by atoms with Gasteiger partial charge in [-0.05, 0) is 48.5 Å². The van der Waals surface area contributed by atoms with Crippen molar-refractivity contribution >= 4 is 29.4 Å². The Labute approximate surface area is 169 Å². The van der Waals surface area contributed by atoms with Gasteiger partial charge in [0.05, 0.1) is 16.9 Å². The van der Waals surface area contributed by atoms with Crippen LogP contribution in [0.3, 0.4) is 0 Å². The third-order valence-electron chi connectivity index (χ3n) is 4.01. The van der Waals surface area contributed by atoms with Gasteiger partial charge in [-0.2, -0.15) is 5.10 Å². The van der Waals surface area contributed by atoms with Gasteiger partial charge in [0.1, 0.15) is 5.75 Å². The molecule has 0 bridgehead atoms. The second-order valence-corrected chi connectivity index (χ2v) is 6.63. The van der Waals surface area contributed by atoms with Crippen LogP contribution in [0.1, 0.15) is 5.69 Å². The number of hydrogen-bond donors (Lipinski definition) is 1. The minimum Gasteiger partial charge on any atom is -0.482 e. The molecule has 0 aliphatic carbocycles. The Hall–Kier alpha value is -3.25. The van der Waals surface area contributed by atoms with E-state index in [1.165, 1.54) is 0 Å². The number of para-hydroxylation sites is 1. The van der Waals surface area contributed by atoms with E-state index in [0.29, 0.717) is 10.8 Å². The zero-order valence-corrected chi connectivity index (χ0v) is 16.4. The van der Waals surface area contributed by atoms with Crippen molar-refractivity contribution < 1.29 is 9.53 Å². The van der Waals surface area contributed by atoms with Gasteiger partial charge >= 0.3 is 0 Å². The lowest BCUT2D eigenvalue weighted by Crippen LogP contribution is -2.24. The third-order valence-corrected chi connectivity index (χ3v) is 4.32. The van der Waals surface area contributed by atoms with Crippen LogP contribution in [0.25, 0.3) is 5.69 Å². The molecular weight excluding hydrogens is 376 g/mol. The number of carbonyl (C=O) groups excluding carboxylic acids is 1. The van der Waals surface area contributed by atoms with Crippen LogP contribution in [0.5, 0.6) is 5.75 Å². The number of ether oxygens (including phenoxy) is 1. The zero-order chi connectivity index (χ0) is 19.9. The van der Waals surface area contributed by atoms with Gasteiger partial charge in [-0.1, -0.05) is 23.7 Å². The normalized spacial score (nSPS) is 10.8. The first-order valence-corrected chi connectivity index (χ1v) is 9.07. The van der Waals surface area contributed by atoms with E-state index in [9.17, 15) is 4.79 Å². The van der Waals surface area contributed by atoms with Crippen LogP contribution in [-0.2, 0) is 4.79 Å². The fraction of sp³-hybridized carbons (Fsp3) is 0.143. The second-order valence-electron chi connectivity index (χ2n) is 6.23. The van der Waals surface area contributed by atoms with Gasteiger partial charge in [0, 0.05) is 31.7 Å². The molecule has 1 amide bonds. The van der Waals surface area contributed by atoms with Gasteiger partial charge in [-0.3, -0.25) is 4.79 Å². The number of nitrogens with one attached hydrogen (secondary N) is 1. The van der Waals surface area contributed by atoms with E-state index in [1.54, 1.807) is 30.5 Å². The van der Waals surface area contributed by atoms with Gasteiger partial charge in [0.15, 0.2) is 6.61 Å². The van der Waals surface area contributed by atoms with Gasteiger partial charge in [0.25, 0.3) is 5.91 Å². The van der Waals surface area contributed by atoms with Crippen molar-refractivity contribution in [2.75, 3.05) is 25.6 Å². The number of amides is 1. The maximum atomic E-state index is 11.9. The SMILES string of the molecule is CN(C)c1ccc(-n2cccc2/C=N/NC(=O)COc2ccccc2Cl)cc1. The molecular formula is C21H21ClN4O2. The topological polar surface area (TPSA) is 58.9 Å². The van der Waals surface area contributed by atoms with E-state index >= 15 is 0 Å². The molecule has 0 saturated carbocycles. The number of aromatic nitrogens is 1. The number of hydrazone groups is 1. The van der Waals surface area contributed by atoms with Gasteiger partial charge in [-0.25, -0.2) is 5.43 Å². The largest absolute Gasteiger partial charge is 0.482 e. The summed E-state index contributed by atoms with van der Waals surface area (Å²) in [5.74, 6) is 0.0861. The fourth-order valence-corrected chi connectivity index (χ4v) is 2.74. The van der Waals surface area contributed by atoms with Crippen molar-refractivity contribution in [3.63, 3.8) is 0 Å². The number of hydrogen-bond acceptors (Lipinski definition) is 4. The summed E-state index contributed by atoms with van der Waals surface area (Å²) in [5, 5.41) is 4.47. The zero-order valence-electron chi connectivity index (χ0n) is 15.7. The van der Waals surface area contributed by atoms with Crippen LogP contribution in [-0.4, -0.2) is 37.4 Å². The highest BCUT2D eigenvalue weighted by atomic mass is 35.5. The van der Waals surface area contributed by atoms with E-state index in [4.69, 9.17) is 16.3 Å². The number of rotatable bonds is 7. The van der Waals surface area contributed by atoms with Crippen LogP contribution < -0.4 is 15.1 Å². The number of anilines is 1. The number of benzene rings is 2. The predicted octanol–water partition coefficient (Wildman–Crippen LogP) is 3.73. The summed E-state index contributed by atoms with van der Waals surface area (Å²) >= 11 is 5.99. The first-order valence-electron chi connectivity index (χ1n) is 8.69. The molecule has 0 unspecified atom stereocenters. The average Bonchev–Trinajstić information content (AvgIpc) is 3.16. The van der Waals surface area contributed by atoms with Crippen LogP contribution in [0.4, 0.5) is 5.69 Å². The summed E-state index contributed by atoms with van der Waals surface area (Å²) < 4.78 is 7.36.